The Morgan fingerprint density at radius 3 is 1.75 bits per heavy atom. The fraction of sp³-hybridized carbons (Fsp3) is 0.800. The summed E-state index contributed by atoms with van der Waals surface area (Å²) in [5.74, 6) is -9.26. The molecule has 3 atom stereocenters. The van der Waals surface area contributed by atoms with E-state index in [0.29, 0.717) is 6.42 Å². The molecule has 0 aromatic carbocycles. The number of aliphatic carboxylic acids is 4. The number of carboxylic acid groups (broad SMARTS) is 4. The standard InChI is InChI=1S/C20H32O8/c1-2-3-4-5-7-12-8-6-9-13(10-15(17(21)22)18(23)24)14(12)11-16(19(25)26)20(27)28/h12-16H,2-11H2,1H3,(H,21,22)(H,23,24)(H,25,26)(H,27,28). The zero-order chi connectivity index (χ0) is 21.3. The monoisotopic (exact) mass is 400 g/mol. The fourth-order valence-corrected chi connectivity index (χ4v) is 4.51. The van der Waals surface area contributed by atoms with Gasteiger partial charge in [-0.2, -0.15) is 0 Å². The van der Waals surface area contributed by atoms with E-state index in [-0.39, 0.29) is 30.6 Å². The normalized spacial score (nSPS) is 22.3. The van der Waals surface area contributed by atoms with E-state index in [0.717, 1.165) is 44.9 Å². The number of hydrogen-bond acceptors (Lipinski definition) is 4. The molecular formula is C20H32O8. The molecule has 3 unspecified atom stereocenters. The highest BCUT2D eigenvalue weighted by Gasteiger charge is 2.41. The van der Waals surface area contributed by atoms with Gasteiger partial charge in [0.2, 0.25) is 0 Å². The topological polar surface area (TPSA) is 149 Å². The van der Waals surface area contributed by atoms with Gasteiger partial charge in [0.15, 0.2) is 11.8 Å². The van der Waals surface area contributed by atoms with Gasteiger partial charge in [-0.15, -0.1) is 0 Å². The third-order valence-electron chi connectivity index (χ3n) is 6.03. The van der Waals surface area contributed by atoms with Crippen LogP contribution < -0.4 is 0 Å². The summed E-state index contributed by atoms with van der Waals surface area (Å²) in [6, 6.07) is 0. The summed E-state index contributed by atoms with van der Waals surface area (Å²) in [5.41, 5.74) is 0. The molecule has 0 aromatic rings. The predicted octanol–water partition coefficient (Wildman–Crippen LogP) is 3.34. The van der Waals surface area contributed by atoms with Crippen molar-refractivity contribution in [3.05, 3.63) is 0 Å². The van der Waals surface area contributed by atoms with Crippen LogP contribution in [-0.4, -0.2) is 44.3 Å². The quantitative estimate of drug-likeness (QED) is 0.272. The van der Waals surface area contributed by atoms with Crippen LogP contribution in [0.3, 0.4) is 0 Å². The molecule has 8 nitrogen and oxygen atoms in total. The van der Waals surface area contributed by atoms with Gasteiger partial charge in [0.25, 0.3) is 0 Å². The Hall–Kier alpha value is -2.12. The maximum atomic E-state index is 11.4. The van der Waals surface area contributed by atoms with E-state index in [1.54, 1.807) is 0 Å². The largest absolute Gasteiger partial charge is 0.481 e. The summed E-state index contributed by atoms with van der Waals surface area (Å²) < 4.78 is 0. The Labute approximate surface area is 164 Å². The molecule has 28 heavy (non-hydrogen) atoms. The van der Waals surface area contributed by atoms with Crippen molar-refractivity contribution in [2.45, 2.75) is 71.1 Å². The Morgan fingerprint density at radius 1 is 0.750 bits per heavy atom. The number of carboxylic acids is 4. The van der Waals surface area contributed by atoms with E-state index in [4.69, 9.17) is 0 Å². The average Bonchev–Trinajstić information content (AvgIpc) is 2.60. The maximum Gasteiger partial charge on any atom is 0.317 e. The minimum Gasteiger partial charge on any atom is -0.481 e. The molecule has 0 aromatic heterocycles. The predicted molar refractivity (Wildman–Crippen MR) is 99.8 cm³/mol. The number of carbonyl (C=O) groups is 4. The van der Waals surface area contributed by atoms with Crippen molar-refractivity contribution >= 4 is 23.9 Å². The van der Waals surface area contributed by atoms with Crippen LogP contribution in [0.2, 0.25) is 0 Å². The second-order valence-corrected chi connectivity index (χ2v) is 7.89. The van der Waals surface area contributed by atoms with Gasteiger partial charge >= 0.3 is 23.9 Å². The molecule has 1 aliphatic rings. The average molecular weight is 400 g/mol. The lowest BCUT2D eigenvalue weighted by Crippen LogP contribution is -2.37. The highest BCUT2D eigenvalue weighted by molar-refractivity contribution is 5.93. The minimum atomic E-state index is -1.56. The number of rotatable bonds is 13. The first-order chi connectivity index (χ1) is 13.2. The van der Waals surface area contributed by atoms with E-state index in [9.17, 15) is 39.6 Å². The van der Waals surface area contributed by atoms with Crippen LogP contribution in [0, 0.1) is 29.6 Å². The van der Waals surface area contributed by atoms with Crippen molar-refractivity contribution in [3.63, 3.8) is 0 Å². The zero-order valence-corrected chi connectivity index (χ0v) is 16.4. The van der Waals surface area contributed by atoms with Crippen LogP contribution >= 0.6 is 0 Å². The van der Waals surface area contributed by atoms with E-state index in [1.165, 1.54) is 0 Å². The second-order valence-electron chi connectivity index (χ2n) is 7.89. The molecule has 0 aliphatic heterocycles. The molecule has 8 heteroatoms. The van der Waals surface area contributed by atoms with Crippen molar-refractivity contribution in [1.29, 1.82) is 0 Å². The summed E-state index contributed by atoms with van der Waals surface area (Å²) in [7, 11) is 0. The van der Waals surface area contributed by atoms with Crippen LogP contribution in [0.4, 0.5) is 0 Å². The molecular weight excluding hydrogens is 368 g/mol. The fourth-order valence-electron chi connectivity index (χ4n) is 4.51. The number of hydrogen-bond donors (Lipinski definition) is 4. The lowest BCUT2D eigenvalue weighted by molar-refractivity contribution is -0.159. The van der Waals surface area contributed by atoms with Crippen molar-refractivity contribution in [2.24, 2.45) is 29.6 Å². The third kappa shape index (κ3) is 7.13. The smallest absolute Gasteiger partial charge is 0.317 e. The maximum absolute atomic E-state index is 11.4. The first kappa shape index (κ1) is 23.9. The SMILES string of the molecule is CCCCCCC1CCCC(CC(C(=O)O)C(=O)O)C1CC(C(=O)O)C(=O)O. The van der Waals surface area contributed by atoms with Crippen LogP contribution in [-0.2, 0) is 19.2 Å². The van der Waals surface area contributed by atoms with Gasteiger partial charge < -0.3 is 20.4 Å². The van der Waals surface area contributed by atoms with Crippen LogP contribution in [0.15, 0.2) is 0 Å². The summed E-state index contributed by atoms with van der Waals surface area (Å²) in [6.45, 7) is 2.10. The molecule has 1 fully saturated rings. The first-order valence-electron chi connectivity index (χ1n) is 10.1. The van der Waals surface area contributed by atoms with E-state index >= 15 is 0 Å². The Bertz CT molecular complexity index is 530. The Kier molecular flexibility index (Phi) is 9.96. The second kappa shape index (κ2) is 11.7. The third-order valence-corrected chi connectivity index (χ3v) is 6.03. The molecule has 0 radical (unpaired) electrons. The van der Waals surface area contributed by atoms with Crippen LogP contribution in [0.5, 0.6) is 0 Å². The first-order valence-corrected chi connectivity index (χ1v) is 10.1. The van der Waals surface area contributed by atoms with Gasteiger partial charge in [0.05, 0.1) is 0 Å². The van der Waals surface area contributed by atoms with Crippen LogP contribution in [0.25, 0.3) is 0 Å². The molecule has 4 N–H and O–H groups in total. The Balaban J connectivity index is 3.01. The number of unbranched alkanes of at least 4 members (excludes halogenated alkanes) is 3. The van der Waals surface area contributed by atoms with Crippen LogP contribution in [0.1, 0.15) is 71.1 Å². The van der Waals surface area contributed by atoms with Gasteiger partial charge in [-0.05, 0) is 30.6 Å². The highest BCUT2D eigenvalue weighted by Crippen LogP contribution is 2.44. The highest BCUT2D eigenvalue weighted by atomic mass is 16.4. The zero-order valence-electron chi connectivity index (χ0n) is 16.4. The molecule has 0 spiro atoms. The summed E-state index contributed by atoms with van der Waals surface area (Å²) in [4.78, 5) is 45.4. The lowest BCUT2D eigenvalue weighted by Gasteiger charge is -2.40. The molecule has 0 heterocycles. The van der Waals surface area contributed by atoms with Crippen molar-refractivity contribution < 1.29 is 39.6 Å². The minimum absolute atomic E-state index is 0.0836. The van der Waals surface area contributed by atoms with Gasteiger partial charge in [-0.1, -0.05) is 58.3 Å². The molecule has 1 rings (SSSR count). The molecule has 0 saturated heterocycles. The van der Waals surface area contributed by atoms with E-state index < -0.39 is 35.7 Å². The van der Waals surface area contributed by atoms with E-state index in [1.807, 2.05) is 0 Å². The molecule has 1 saturated carbocycles. The van der Waals surface area contributed by atoms with Crippen molar-refractivity contribution in [3.8, 4) is 0 Å². The van der Waals surface area contributed by atoms with Crippen molar-refractivity contribution in [1.82, 2.24) is 0 Å². The van der Waals surface area contributed by atoms with E-state index in [2.05, 4.69) is 6.92 Å². The summed E-state index contributed by atoms with van der Waals surface area (Å²) >= 11 is 0. The van der Waals surface area contributed by atoms with Crippen molar-refractivity contribution in [2.75, 3.05) is 0 Å². The van der Waals surface area contributed by atoms with Gasteiger partial charge in [0, 0.05) is 0 Å². The molecule has 0 amide bonds. The summed E-state index contributed by atoms with van der Waals surface area (Å²) in [6.07, 6.45) is 7.07. The lowest BCUT2D eigenvalue weighted by atomic mass is 9.65. The van der Waals surface area contributed by atoms with Gasteiger partial charge in [0.1, 0.15) is 0 Å². The molecule has 1 aliphatic carbocycles. The molecule has 160 valence electrons. The van der Waals surface area contributed by atoms with Gasteiger partial charge in [-0.3, -0.25) is 19.2 Å². The Morgan fingerprint density at radius 2 is 1.25 bits per heavy atom. The molecule has 0 bridgehead atoms. The summed E-state index contributed by atoms with van der Waals surface area (Å²) in [5, 5.41) is 37.0. The van der Waals surface area contributed by atoms with Gasteiger partial charge in [-0.25, -0.2) is 0 Å².